The lowest BCUT2D eigenvalue weighted by Gasteiger charge is -2.07. The van der Waals surface area contributed by atoms with Crippen molar-refractivity contribution in [2.45, 2.75) is 23.2 Å². The van der Waals surface area contributed by atoms with Crippen LogP contribution < -0.4 is 5.32 Å². The third-order valence-electron chi connectivity index (χ3n) is 3.33. The lowest BCUT2D eigenvalue weighted by Crippen LogP contribution is -2.04. The Labute approximate surface area is 151 Å². The summed E-state index contributed by atoms with van der Waals surface area (Å²) < 4.78 is 38.9. The van der Waals surface area contributed by atoms with Crippen molar-refractivity contribution in [3.63, 3.8) is 0 Å². The average molecular weight is 381 g/mol. The zero-order valence-electron chi connectivity index (χ0n) is 13.2. The number of aryl methyl sites for hydroxylation is 1. The fourth-order valence-electron chi connectivity index (χ4n) is 2.06. The topological polar surface area (TPSA) is 37.8 Å². The molecule has 1 N–H and O–H groups in total. The fraction of sp³-hybridized carbons (Fsp3) is 0.176. The van der Waals surface area contributed by atoms with Gasteiger partial charge in [0.2, 0.25) is 5.13 Å². The number of thioether (sulfide) groups is 1. The third-order valence-corrected chi connectivity index (χ3v) is 5.37. The smallest absolute Gasteiger partial charge is 0.330 e. The Morgan fingerprint density at radius 2 is 1.84 bits per heavy atom. The molecule has 0 spiro atoms. The number of anilines is 2. The quantitative estimate of drug-likeness (QED) is 0.558. The third kappa shape index (κ3) is 4.96. The molecule has 0 radical (unpaired) electrons. The fourth-order valence-corrected chi connectivity index (χ4v) is 3.78. The summed E-state index contributed by atoms with van der Waals surface area (Å²) in [4.78, 5) is 0. The monoisotopic (exact) mass is 381 g/mol. The van der Waals surface area contributed by atoms with Crippen molar-refractivity contribution in [3.05, 3.63) is 65.2 Å². The van der Waals surface area contributed by atoms with Crippen LogP contribution in [0.1, 0.15) is 16.7 Å². The normalized spacial score (nSPS) is 11.5. The SMILES string of the molecule is Cc1ccc(Nc2nnc(SCc3cccc(C(F)(F)F)c3)s2)cc1. The molecule has 0 aliphatic rings. The molecule has 0 bridgehead atoms. The van der Waals surface area contributed by atoms with Gasteiger partial charge in [-0.3, -0.25) is 0 Å². The van der Waals surface area contributed by atoms with Gasteiger partial charge in [0.1, 0.15) is 0 Å². The van der Waals surface area contributed by atoms with Crippen molar-refractivity contribution >= 4 is 33.9 Å². The molecule has 1 heterocycles. The lowest BCUT2D eigenvalue weighted by molar-refractivity contribution is -0.137. The van der Waals surface area contributed by atoms with E-state index in [0.717, 1.165) is 11.8 Å². The molecule has 0 aliphatic heterocycles. The lowest BCUT2D eigenvalue weighted by atomic mass is 10.1. The molecule has 0 unspecified atom stereocenters. The van der Waals surface area contributed by atoms with E-state index in [1.807, 2.05) is 31.2 Å². The molecule has 25 heavy (non-hydrogen) atoms. The Bertz CT molecular complexity index is 845. The van der Waals surface area contributed by atoms with Gasteiger partial charge >= 0.3 is 6.18 Å². The van der Waals surface area contributed by atoms with Crippen molar-refractivity contribution in [3.8, 4) is 0 Å². The molecule has 2 aromatic carbocycles. The first-order valence-electron chi connectivity index (χ1n) is 7.36. The number of rotatable bonds is 5. The van der Waals surface area contributed by atoms with Gasteiger partial charge in [-0.25, -0.2) is 0 Å². The first-order chi connectivity index (χ1) is 11.9. The van der Waals surface area contributed by atoms with Gasteiger partial charge in [-0.05, 0) is 30.7 Å². The van der Waals surface area contributed by atoms with E-state index < -0.39 is 11.7 Å². The summed E-state index contributed by atoms with van der Waals surface area (Å²) in [5.74, 6) is 0.406. The number of benzene rings is 2. The highest BCUT2D eigenvalue weighted by Gasteiger charge is 2.30. The van der Waals surface area contributed by atoms with Gasteiger partial charge in [0, 0.05) is 11.4 Å². The summed E-state index contributed by atoms with van der Waals surface area (Å²) in [6, 6.07) is 13.2. The van der Waals surface area contributed by atoms with Gasteiger partial charge in [-0.1, -0.05) is 59.0 Å². The molecule has 0 aliphatic carbocycles. The summed E-state index contributed by atoms with van der Waals surface area (Å²) in [6.07, 6.45) is -4.32. The number of alkyl halides is 3. The Balaban J connectivity index is 1.61. The summed E-state index contributed by atoms with van der Waals surface area (Å²) in [5, 5.41) is 11.9. The maximum Gasteiger partial charge on any atom is 0.416 e. The molecule has 0 amide bonds. The van der Waals surface area contributed by atoms with Crippen LogP contribution in [0.5, 0.6) is 0 Å². The zero-order valence-corrected chi connectivity index (χ0v) is 14.8. The molecule has 3 nitrogen and oxygen atoms in total. The molecular formula is C17H14F3N3S2. The average Bonchev–Trinajstić information content (AvgIpc) is 3.02. The highest BCUT2D eigenvalue weighted by atomic mass is 32.2. The maximum absolute atomic E-state index is 12.7. The minimum absolute atomic E-state index is 0.406. The van der Waals surface area contributed by atoms with Crippen LogP contribution in [-0.2, 0) is 11.9 Å². The highest BCUT2D eigenvalue weighted by molar-refractivity contribution is 8.00. The van der Waals surface area contributed by atoms with E-state index in [4.69, 9.17) is 0 Å². The summed E-state index contributed by atoms with van der Waals surface area (Å²) in [6.45, 7) is 2.01. The molecule has 0 saturated carbocycles. The second-order valence-electron chi connectivity index (χ2n) is 5.35. The number of nitrogens with zero attached hydrogens (tertiary/aromatic N) is 2. The van der Waals surface area contributed by atoms with Gasteiger partial charge in [0.15, 0.2) is 4.34 Å². The van der Waals surface area contributed by atoms with E-state index >= 15 is 0 Å². The number of hydrogen-bond acceptors (Lipinski definition) is 5. The van der Waals surface area contributed by atoms with Crippen LogP contribution in [0.25, 0.3) is 0 Å². The van der Waals surface area contributed by atoms with Gasteiger partial charge in [0.25, 0.3) is 0 Å². The van der Waals surface area contributed by atoms with E-state index in [-0.39, 0.29) is 0 Å². The van der Waals surface area contributed by atoms with Crippen LogP contribution in [0, 0.1) is 6.92 Å². The number of halogens is 3. The number of aromatic nitrogens is 2. The first kappa shape index (κ1) is 17.8. The van der Waals surface area contributed by atoms with Crippen molar-refractivity contribution in [2.24, 2.45) is 0 Å². The largest absolute Gasteiger partial charge is 0.416 e. The molecule has 8 heteroatoms. The standard InChI is InChI=1S/C17H14F3N3S2/c1-11-5-7-14(8-6-11)21-15-22-23-16(25-15)24-10-12-3-2-4-13(9-12)17(18,19)20/h2-9H,10H2,1H3,(H,21,22). The van der Waals surface area contributed by atoms with E-state index in [1.54, 1.807) is 6.07 Å². The molecule has 130 valence electrons. The van der Waals surface area contributed by atoms with Crippen LogP contribution in [0.15, 0.2) is 52.9 Å². The van der Waals surface area contributed by atoms with Crippen LogP contribution in [0.3, 0.4) is 0 Å². The van der Waals surface area contributed by atoms with Crippen molar-refractivity contribution in [2.75, 3.05) is 5.32 Å². The summed E-state index contributed by atoms with van der Waals surface area (Å²) in [7, 11) is 0. The Morgan fingerprint density at radius 3 is 2.56 bits per heavy atom. The van der Waals surface area contributed by atoms with Crippen LogP contribution in [-0.4, -0.2) is 10.2 Å². The maximum atomic E-state index is 12.7. The van der Waals surface area contributed by atoms with Crippen molar-refractivity contribution in [1.82, 2.24) is 10.2 Å². The van der Waals surface area contributed by atoms with Gasteiger partial charge in [-0.2, -0.15) is 13.2 Å². The predicted octanol–water partition coefficient (Wildman–Crippen LogP) is 5.90. The second kappa shape index (κ2) is 7.45. The predicted molar refractivity (Wildman–Crippen MR) is 95.4 cm³/mol. The highest BCUT2D eigenvalue weighted by Crippen LogP contribution is 2.33. The molecular weight excluding hydrogens is 367 g/mol. The van der Waals surface area contributed by atoms with E-state index in [9.17, 15) is 13.2 Å². The van der Waals surface area contributed by atoms with Crippen LogP contribution in [0.4, 0.5) is 24.0 Å². The van der Waals surface area contributed by atoms with Crippen molar-refractivity contribution in [1.29, 1.82) is 0 Å². The molecule has 3 rings (SSSR count). The summed E-state index contributed by atoms with van der Waals surface area (Å²) >= 11 is 2.73. The molecule has 1 aromatic heterocycles. The molecule has 3 aromatic rings. The van der Waals surface area contributed by atoms with E-state index in [0.29, 0.717) is 20.8 Å². The Hall–Kier alpha value is -2.06. The van der Waals surface area contributed by atoms with Gasteiger partial charge in [0.05, 0.1) is 5.56 Å². The number of hydrogen-bond donors (Lipinski definition) is 1. The number of nitrogens with one attached hydrogen (secondary N) is 1. The van der Waals surface area contributed by atoms with Gasteiger partial charge < -0.3 is 5.32 Å². The molecule has 0 saturated heterocycles. The zero-order chi connectivity index (χ0) is 17.9. The van der Waals surface area contributed by atoms with Crippen molar-refractivity contribution < 1.29 is 13.2 Å². The van der Waals surface area contributed by atoms with Crippen LogP contribution >= 0.6 is 23.1 Å². The van der Waals surface area contributed by atoms with E-state index in [1.165, 1.54) is 40.8 Å². The first-order valence-corrected chi connectivity index (χ1v) is 9.16. The summed E-state index contributed by atoms with van der Waals surface area (Å²) in [5.41, 5.74) is 2.05. The Kier molecular flexibility index (Phi) is 5.29. The molecule has 0 atom stereocenters. The van der Waals surface area contributed by atoms with Gasteiger partial charge in [-0.15, -0.1) is 10.2 Å². The van der Waals surface area contributed by atoms with E-state index in [2.05, 4.69) is 15.5 Å². The molecule has 0 fully saturated rings. The van der Waals surface area contributed by atoms with Crippen LogP contribution in [0.2, 0.25) is 0 Å². The minimum Gasteiger partial charge on any atom is -0.330 e. The Morgan fingerprint density at radius 1 is 1.08 bits per heavy atom. The second-order valence-corrected chi connectivity index (χ2v) is 7.55. The minimum atomic E-state index is -4.32.